The van der Waals surface area contributed by atoms with Gasteiger partial charge in [-0.2, -0.15) is 0 Å². The lowest BCUT2D eigenvalue weighted by molar-refractivity contribution is -0.123. The average molecular weight is 298 g/mol. The van der Waals surface area contributed by atoms with Crippen LogP contribution < -0.4 is 0 Å². The molecular weight excluding hydrogens is 284 g/mol. The van der Waals surface area contributed by atoms with E-state index in [1.807, 2.05) is 43.3 Å². The number of hydrogen-bond donors (Lipinski definition) is 1. The summed E-state index contributed by atoms with van der Waals surface area (Å²) in [5.74, 6) is -0.236. The lowest BCUT2D eigenvalue weighted by atomic mass is 10.1. The second-order valence-electron chi connectivity index (χ2n) is 4.88. The molecule has 0 aliphatic carbocycles. The van der Waals surface area contributed by atoms with Crippen molar-refractivity contribution in [3.63, 3.8) is 0 Å². The molecule has 1 aliphatic rings. The molecule has 1 aromatic carbocycles. The van der Waals surface area contributed by atoms with Crippen LogP contribution in [0.3, 0.4) is 0 Å². The third-order valence-electron chi connectivity index (χ3n) is 3.24. The molecule has 1 aliphatic heterocycles. The van der Waals surface area contributed by atoms with Gasteiger partial charge >= 0.3 is 0 Å². The van der Waals surface area contributed by atoms with Gasteiger partial charge in [-0.15, -0.1) is 0 Å². The monoisotopic (exact) mass is 298 g/mol. The van der Waals surface area contributed by atoms with Gasteiger partial charge in [0, 0.05) is 11.9 Å². The van der Waals surface area contributed by atoms with E-state index in [0.717, 1.165) is 28.6 Å². The fourth-order valence-electron chi connectivity index (χ4n) is 2.09. The number of aryl methyl sites for hydroxylation is 1. The first-order valence-corrected chi connectivity index (χ1v) is 7.39. The molecule has 1 saturated heterocycles. The lowest BCUT2D eigenvalue weighted by Crippen LogP contribution is -2.27. The minimum Gasteiger partial charge on any atom is -0.362 e. The first-order chi connectivity index (χ1) is 10.1. The summed E-state index contributed by atoms with van der Waals surface area (Å²) in [7, 11) is 0. The molecule has 106 valence electrons. The van der Waals surface area contributed by atoms with E-state index >= 15 is 0 Å². The van der Waals surface area contributed by atoms with E-state index in [4.69, 9.17) is 0 Å². The van der Waals surface area contributed by atoms with E-state index < -0.39 is 0 Å². The average Bonchev–Trinajstić information content (AvgIpc) is 3.06. The number of aromatic amines is 1. The highest BCUT2D eigenvalue weighted by Crippen LogP contribution is 2.33. The predicted molar refractivity (Wildman–Crippen MR) is 83.5 cm³/mol. The molecule has 3 rings (SSSR count). The van der Waals surface area contributed by atoms with Crippen molar-refractivity contribution in [3.05, 3.63) is 64.3 Å². The molecular formula is C16H14N2O2S. The van der Waals surface area contributed by atoms with Gasteiger partial charge in [-0.25, -0.2) is 0 Å². The molecule has 0 unspecified atom stereocenters. The summed E-state index contributed by atoms with van der Waals surface area (Å²) in [4.78, 5) is 29.1. The quantitative estimate of drug-likeness (QED) is 0.882. The van der Waals surface area contributed by atoms with Crippen LogP contribution in [0.2, 0.25) is 0 Å². The van der Waals surface area contributed by atoms with Gasteiger partial charge in [0.2, 0.25) is 0 Å². The highest BCUT2D eigenvalue weighted by Gasteiger charge is 2.34. The SMILES string of the molecule is Cc1ccc(CN2C(=O)S/C(=C\c3ccc[nH]3)C2=O)cc1. The van der Waals surface area contributed by atoms with Gasteiger partial charge in [0.1, 0.15) is 0 Å². The first-order valence-electron chi connectivity index (χ1n) is 6.58. The Labute approximate surface area is 126 Å². The molecule has 0 spiro atoms. The number of aromatic nitrogens is 1. The summed E-state index contributed by atoms with van der Waals surface area (Å²) in [5, 5.41) is -0.224. The van der Waals surface area contributed by atoms with Gasteiger partial charge < -0.3 is 4.98 Å². The number of nitrogens with zero attached hydrogens (tertiary/aromatic N) is 1. The molecule has 21 heavy (non-hydrogen) atoms. The summed E-state index contributed by atoms with van der Waals surface area (Å²) >= 11 is 0.981. The molecule has 5 heteroatoms. The van der Waals surface area contributed by atoms with Gasteiger partial charge in [-0.1, -0.05) is 29.8 Å². The maximum atomic E-state index is 12.3. The number of hydrogen-bond acceptors (Lipinski definition) is 3. The molecule has 2 heterocycles. The van der Waals surface area contributed by atoms with Crippen LogP contribution >= 0.6 is 11.8 Å². The van der Waals surface area contributed by atoms with Crippen LogP contribution in [0.15, 0.2) is 47.5 Å². The molecule has 2 amide bonds. The van der Waals surface area contributed by atoms with Crippen molar-refractivity contribution in [2.45, 2.75) is 13.5 Å². The normalized spacial score (nSPS) is 17.0. The molecule has 2 aromatic rings. The third-order valence-corrected chi connectivity index (χ3v) is 4.15. The Morgan fingerprint density at radius 1 is 1.19 bits per heavy atom. The Kier molecular flexibility index (Phi) is 3.66. The molecule has 0 atom stereocenters. The number of H-pyrrole nitrogens is 1. The minimum absolute atomic E-state index is 0.224. The first kappa shape index (κ1) is 13.7. The van der Waals surface area contributed by atoms with E-state index in [1.165, 1.54) is 4.90 Å². The lowest BCUT2D eigenvalue weighted by Gasteiger charge is -2.12. The molecule has 1 aromatic heterocycles. The van der Waals surface area contributed by atoms with Crippen molar-refractivity contribution in [3.8, 4) is 0 Å². The zero-order valence-corrected chi connectivity index (χ0v) is 12.3. The fraction of sp³-hybridized carbons (Fsp3) is 0.125. The molecule has 0 radical (unpaired) electrons. The summed E-state index contributed by atoms with van der Waals surface area (Å²) in [6.45, 7) is 2.32. The van der Waals surface area contributed by atoms with Crippen LogP contribution in [0.5, 0.6) is 0 Å². The van der Waals surface area contributed by atoms with Gasteiger partial charge in [0.15, 0.2) is 0 Å². The van der Waals surface area contributed by atoms with E-state index in [0.29, 0.717) is 11.4 Å². The largest absolute Gasteiger partial charge is 0.362 e. The Morgan fingerprint density at radius 3 is 2.62 bits per heavy atom. The van der Waals surface area contributed by atoms with Gasteiger partial charge in [-0.3, -0.25) is 14.5 Å². The minimum atomic E-state index is -0.236. The Morgan fingerprint density at radius 2 is 1.95 bits per heavy atom. The zero-order chi connectivity index (χ0) is 14.8. The van der Waals surface area contributed by atoms with E-state index in [2.05, 4.69) is 4.98 Å². The zero-order valence-electron chi connectivity index (χ0n) is 11.5. The molecule has 1 N–H and O–H groups in total. The van der Waals surface area contributed by atoms with Crippen molar-refractivity contribution in [2.24, 2.45) is 0 Å². The summed E-state index contributed by atoms with van der Waals surface area (Å²) in [5.41, 5.74) is 2.92. The fourth-order valence-corrected chi connectivity index (χ4v) is 2.92. The Hall–Kier alpha value is -2.27. The van der Waals surface area contributed by atoms with Gasteiger partial charge in [-0.05, 0) is 42.5 Å². The highest BCUT2D eigenvalue weighted by molar-refractivity contribution is 8.18. The smallest absolute Gasteiger partial charge is 0.293 e. The molecule has 1 fully saturated rings. The van der Waals surface area contributed by atoms with Crippen LogP contribution in [-0.4, -0.2) is 21.0 Å². The van der Waals surface area contributed by atoms with Crippen LogP contribution in [0.4, 0.5) is 4.79 Å². The summed E-state index contributed by atoms with van der Waals surface area (Å²) < 4.78 is 0. The van der Waals surface area contributed by atoms with Crippen LogP contribution in [0.25, 0.3) is 6.08 Å². The van der Waals surface area contributed by atoms with E-state index in [1.54, 1.807) is 12.3 Å². The highest BCUT2D eigenvalue weighted by atomic mass is 32.2. The van der Waals surface area contributed by atoms with Crippen LogP contribution in [0.1, 0.15) is 16.8 Å². The number of rotatable bonds is 3. The predicted octanol–water partition coefficient (Wildman–Crippen LogP) is 3.56. The number of amides is 2. The topological polar surface area (TPSA) is 53.2 Å². The Bertz CT molecular complexity index is 702. The van der Waals surface area contributed by atoms with Crippen molar-refractivity contribution in [2.75, 3.05) is 0 Å². The number of carbonyl (C=O) groups excluding carboxylic acids is 2. The van der Waals surface area contributed by atoms with Crippen molar-refractivity contribution >= 4 is 29.0 Å². The third kappa shape index (κ3) is 2.92. The second kappa shape index (κ2) is 5.61. The molecule has 4 nitrogen and oxygen atoms in total. The van der Waals surface area contributed by atoms with Gasteiger partial charge in [0.25, 0.3) is 11.1 Å². The molecule has 0 bridgehead atoms. The van der Waals surface area contributed by atoms with Crippen molar-refractivity contribution in [1.29, 1.82) is 0 Å². The van der Waals surface area contributed by atoms with Crippen LogP contribution in [-0.2, 0) is 11.3 Å². The number of benzene rings is 1. The van der Waals surface area contributed by atoms with Crippen LogP contribution in [0, 0.1) is 6.92 Å². The standard InChI is InChI=1S/C16H14N2O2S/c1-11-4-6-12(7-5-11)10-18-15(19)14(21-16(18)20)9-13-3-2-8-17-13/h2-9,17H,10H2,1H3/b14-9-. The van der Waals surface area contributed by atoms with Crippen molar-refractivity contribution < 1.29 is 9.59 Å². The summed E-state index contributed by atoms with van der Waals surface area (Å²) in [6, 6.07) is 11.5. The number of nitrogens with one attached hydrogen (secondary N) is 1. The number of carbonyl (C=O) groups is 2. The summed E-state index contributed by atoms with van der Waals surface area (Å²) in [6.07, 6.45) is 3.49. The maximum absolute atomic E-state index is 12.3. The van der Waals surface area contributed by atoms with Crippen molar-refractivity contribution in [1.82, 2.24) is 9.88 Å². The Balaban J connectivity index is 1.79. The van der Waals surface area contributed by atoms with E-state index in [-0.39, 0.29) is 11.1 Å². The maximum Gasteiger partial charge on any atom is 0.293 e. The molecule has 0 saturated carbocycles. The second-order valence-corrected chi connectivity index (χ2v) is 5.87. The van der Waals surface area contributed by atoms with Gasteiger partial charge in [0.05, 0.1) is 11.4 Å². The number of imide groups is 1. The number of thioether (sulfide) groups is 1. The van der Waals surface area contributed by atoms with E-state index in [9.17, 15) is 9.59 Å².